The third kappa shape index (κ3) is 4.24. The van der Waals surface area contributed by atoms with Gasteiger partial charge < -0.3 is 14.8 Å². The van der Waals surface area contributed by atoms with Gasteiger partial charge in [0.15, 0.2) is 0 Å². The number of carbonyl (C=O) groups is 1. The molecule has 1 aliphatic heterocycles. The van der Waals surface area contributed by atoms with Crippen molar-refractivity contribution in [2.45, 2.75) is 18.6 Å². The molecule has 0 spiro atoms. The second-order valence-corrected chi connectivity index (χ2v) is 7.73. The molecule has 0 radical (unpaired) electrons. The zero-order valence-corrected chi connectivity index (χ0v) is 17.7. The standard InChI is InChI=1S/C25H18F3N3O3/c26-25(27,28)15-6-5-7-16(14-15)34-24-22(18-9-1-3-10-20(18)30-31-24)23(32)29-19-12-13-33-21-11-4-2-8-17(19)21/h1-11,14,19H,12-13H2,(H,29,32). The van der Waals surface area contributed by atoms with Crippen LogP contribution in [0.2, 0.25) is 0 Å². The number of alkyl halides is 3. The highest BCUT2D eigenvalue weighted by atomic mass is 19.4. The molecule has 0 aliphatic carbocycles. The number of rotatable bonds is 4. The molecule has 172 valence electrons. The molecule has 9 heteroatoms. The smallest absolute Gasteiger partial charge is 0.416 e. The molecule has 5 rings (SSSR count). The van der Waals surface area contributed by atoms with E-state index in [4.69, 9.17) is 9.47 Å². The van der Waals surface area contributed by atoms with E-state index in [1.54, 1.807) is 24.3 Å². The van der Waals surface area contributed by atoms with E-state index < -0.39 is 17.6 Å². The minimum atomic E-state index is -4.54. The summed E-state index contributed by atoms with van der Waals surface area (Å²) in [7, 11) is 0. The molecule has 0 fully saturated rings. The summed E-state index contributed by atoms with van der Waals surface area (Å²) in [5, 5.41) is 11.6. The lowest BCUT2D eigenvalue weighted by molar-refractivity contribution is -0.137. The first kappa shape index (κ1) is 21.7. The van der Waals surface area contributed by atoms with Crippen molar-refractivity contribution in [1.29, 1.82) is 0 Å². The number of hydrogen-bond acceptors (Lipinski definition) is 5. The predicted octanol–water partition coefficient (Wildman–Crippen LogP) is 5.69. The SMILES string of the molecule is O=C(NC1CCOc2ccccc21)c1c(Oc2cccc(C(F)(F)F)c2)nnc2ccccc12. The maximum atomic E-state index is 13.5. The lowest BCUT2D eigenvalue weighted by atomic mass is 10.00. The number of carbonyl (C=O) groups excluding carboxylic acids is 1. The van der Waals surface area contributed by atoms with Crippen molar-refractivity contribution in [2.75, 3.05) is 6.61 Å². The van der Waals surface area contributed by atoms with Crippen molar-refractivity contribution < 1.29 is 27.4 Å². The molecule has 1 amide bonds. The molecule has 6 nitrogen and oxygen atoms in total. The summed E-state index contributed by atoms with van der Waals surface area (Å²) in [6.07, 6.45) is -3.98. The van der Waals surface area contributed by atoms with E-state index in [9.17, 15) is 18.0 Å². The van der Waals surface area contributed by atoms with Crippen molar-refractivity contribution in [3.05, 3.63) is 89.5 Å². The van der Waals surface area contributed by atoms with Crippen molar-refractivity contribution in [2.24, 2.45) is 0 Å². The van der Waals surface area contributed by atoms with E-state index in [0.717, 1.165) is 17.7 Å². The van der Waals surface area contributed by atoms with Crippen LogP contribution in [0.3, 0.4) is 0 Å². The number of fused-ring (bicyclic) bond motifs is 2. The number of benzene rings is 3. The zero-order chi connectivity index (χ0) is 23.7. The highest BCUT2D eigenvalue weighted by Crippen LogP contribution is 2.35. The number of nitrogens with zero attached hydrogens (tertiary/aromatic N) is 2. The number of halogens is 3. The fraction of sp³-hybridized carbons (Fsp3) is 0.160. The maximum absolute atomic E-state index is 13.5. The van der Waals surface area contributed by atoms with Gasteiger partial charge in [-0.1, -0.05) is 42.5 Å². The van der Waals surface area contributed by atoms with Crippen LogP contribution in [-0.2, 0) is 6.18 Å². The Labute approximate surface area is 192 Å². The molecule has 4 aromatic rings. The van der Waals surface area contributed by atoms with E-state index in [1.165, 1.54) is 12.1 Å². The zero-order valence-electron chi connectivity index (χ0n) is 17.7. The normalized spacial score (nSPS) is 15.3. The topological polar surface area (TPSA) is 73.3 Å². The maximum Gasteiger partial charge on any atom is 0.416 e. The number of nitrogens with one attached hydrogen (secondary N) is 1. The molecule has 1 aromatic heterocycles. The van der Waals surface area contributed by atoms with Gasteiger partial charge in [0.25, 0.3) is 11.8 Å². The van der Waals surface area contributed by atoms with Crippen LogP contribution in [-0.4, -0.2) is 22.7 Å². The Kier molecular flexibility index (Phi) is 5.53. The van der Waals surface area contributed by atoms with Crippen LogP contribution >= 0.6 is 0 Å². The van der Waals surface area contributed by atoms with Crippen LogP contribution in [0.5, 0.6) is 17.4 Å². The molecule has 34 heavy (non-hydrogen) atoms. The highest BCUT2D eigenvalue weighted by Gasteiger charge is 2.31. The summed E-state index contributed by atoms with van der Waals surface area (Å²) in [5.74, 6) is -0.0762. The van der Waals surface area contributed by atoms with Crippen LogP contribution < -0.4 is 14.8 Å². The fourth-order valence-electron chi connectivity index (χ4n) is 3.90. The molecular formula is C25H18F3N3O3. The molecule has 1 unspecified atom stereocenters. The van der Waals surface area contributed by atoms with Gasteiger partial charge in [0.2, 0.25) is 0 Å². The van der Waals surface area contributed by atoms with E-state index in [1.807, 2.05) is 24.3 Å². The van der Waals surface area contributed by atoms with Gasteiger partial charge >= 0.3 is 6.18 Å². The van der Waals surface area contributed by atoms with Gasteiger partial charge in [0.05, 0.1) is 23.7 Å². The first-order valence-corrected chi connectivity index (χ1v) is 10.5. The van der Waals surface area contributed by atoms with Gasteiger partial charge in [0.1, 0.15) is 17.1 Å². The number of ether oxygens (including phenoxy) is 2. The van der Waals surface area contributed by atoms with Crippen molar-refractivity contribution in [3.63, 3.8) is 0 Å². The Morgan fingerprint density at radius 1 is 1.00 bits per heavy atom. The van der Waals surface area contributed by atoms with E-state index >= 15 is 0 Å². The Morgan fingerprint density at radius 2 is 1.79 bits per heavy atom. The molecule has 0 saturated carbocycles. The number of amides is 1. The third-order valence-electron chi connectivity index (χ3n) is 5.50. The van der Waals surface area contributed by atoms with Gasteiger partial charge in [-0.25, -0.2) is 0 Å². The summed E-state index contributed by atoms with van der Waals surface area (Å²) in [6, 6.07) is 18.4. The van der Waals surface area contributed by atoms with Crippen molar-refractivity contribution in [1.82, 2.24) is 15.5 Å². The quantitative estimate of drug-likeness (QED) is 0.419. The van der Waals surface area contributed by atoms with Crippen LogP contribution in [0.1, 0.15) is 33.9 Å². The molecule has 0 saturated heterocycles. The second-order valence-electron chi connectivity index (χ2n) is 7.73. The Balaban J connectivity index is 1.53. The lowest BCUT2D eigenvalue weighted by Gasteiger charge is -2.27. The summed E-state index contributed by atoms with van der Waals surface area (Å²) in [4.78, 5) is 13.5. The van der Waals surface area contributed by atoms with Gasteiger partial charge in [-0.15, -0.1) is 10.2 Å². The van der Waals surface area contributed by atoms with E-state index in [2.05, 4.69) is 15.5 Å². The monoisotopic (exact) mass is 465 g/mol. The average Bonchev–Trinajstić information content (AvgIpc) is 2.84. The fourth-order valence-corrected chi connectivity index (χ4v) is 3.90. The van der Waals surface area contributed by atoms with Gasteiger partial charge in [-0.05, 0) is 30.3 Å². The molecule has 1 N–H and O–H groups in total. The summed E-state index contributed by atoms with van der Waals surface area (Å²) in [6.45, 7) is 0.435. The molecule has 1 atom stereocenters. The van der Waals surface area contributed by atoms with Crippen LogP contribution in [0, 0.1) is 0 Å². The van der Waals surface area contributed by atoms with Gasteiger partial charge in [-0.3, -0.25) is 4.79 Å². The first-order valence-electron chi connectivity index (χ1n) is 10.5. The summed E-state index contributed by atoms with van der Waals surface area (Å²) >= 11 is 0. The summed E-state index contributed by atoms with van der Waals surface area (Å²) in [5.41, 5.74) is 0.515. The molecule has 2 heterocycles. The highest BCUT2D eigenvalue weighted by molar-refractivity contribution is 6.08. The largest absolute Gasteiger partial charge is 0.493 e. The molecule has 3 aromatic carbocycles. The minimum Gasteiger partial charge on any atom is -0.493 e. The second kappa shape index (κ2) is 8.66. The summed E-state index contributed by atoms with van der Waals surface area (Å²) < 4.78 is 50.8. The van der Waals surface area contributed by atoms with Gasteiger partial charge in [-0.2, -0.15) is 13.2 Å². The average molecular weight is 465 g/mol. The van der Waals surface area contributed by atoms with E-state index in [0.29, 0.717) is 29.7 Å². The van der Waals surface area contributed by atoms with Crippen molar-refractivity contribution >= 4 is 16.8 Å². The van der Waals surface area contributed by atoms with Gasteiger partial charge in [0, 0.05) is 17.4 Å². The van der Waals surface area contributed by atoms with Crippen molar-refractivity contribution in [3.8, 4) is 17.4 Å². The Morgan fingerprint density at radius 3 is 2.65 bits per heavy atom. The van der Waals surface area contributed by atoms with Crippen LogP contribution in [0.25, 0.3) is 10.9 Å². The predicted molar refractivity (Wildman–Crippen MR) is 118 cm³/mol. The molecule has 1 aliphatic rings. The van der Waals surface area contributed by atoms with Crippen LogP contribution in [0.4, 0.5) is 13.2 Å². The lowest BCUT2D eigenvalue weighted by Crippen LogP contribution is -2.32. The molecule has 0 bridgehead atoms. The minimum absolute atomic E-state index is 0.0898. The van der Waals surface area contributed by atoms with Crippen LogP contribution in [0.15, 0.2) is 72.8 Å². The van der Waals surface area contributed by atoms with E-state index in [-0.39, 0.29) is 23.2 Å². The number of aromatic nitrogens is 2. The Bertz CT molecular complexity index is 1370. The number of para-hydroxylation sites is 1. The Hall–Kier alpha value is -4.14. The number of hydrogen-bond donors (Lipinski definition) is 1. The molecular weight excluding hydrogens is 447 g/mol. The third-order valence-corrected chi connectivity index (χ3v) is 5.50. The first-order chi connectivity index (χ1) is 16.4.